The van der Waals surface area contributed by atoms with Crippen molar-refractivity contribution in [2.45, 2.75) is 18.4 Å². The van der Waals surface area contributed by atoms with E-state index >= 15 is 0 Å². The van der Waals surface area contributed by atoms with Crippen molar-refractivity contribution in [3.8, 4) is 0 Å². The minimum atomic E-state index is -0.823. The molecule has 144 valence electrons. The molecule has 3 aromatic rings. The van der Waals surface area contributed by atoms with Crippen LogP contribution in [0.4, 0.5) is 10.5 Å². The summed E-state index contributed by atoms with van der Waals surface area (Å²) in [6.07, 6.45) is 0.581. The highest BCUT2D eigenvalue weighted by Crippen LogP contribution is 2.39. The van der Waals surface area contributed by atoms with Gasteiger partial charge in [-0.2, -0.15) is 0 Å². The molecule has 0 fully saturated rings. The minimum absolute atomic E-state index is 0.0363. The Balaban J connectivity index is 1.59. The lowest BCUT2D eigenvalue weighted by Crippen LogP contribution is -2.33. The van der Waals surface area contributed by atoms with Gasteiger partial charge in [-0.25, -0.2) is 4.79 Å². The summed E-state index contributed by atoms with van der Waals surface area (Å²) in [5, 5.41) is 2.67. The summed E-state index contributed by atoms with van der Waals surface area (Å²) >= 11 is 0. The van der Waals surface area contributed by atoms with Gasteiger partial charge in [0.05, 0.1) is 0 Å². The number of anilines is 1. The van der Waals surface area contributed by atoms with Crippen LogP contribution in [0.15, 0.2) is 97.1 Å². The van der Waals surface area contributed by atoms with Crippen LogP contribution in [0.25, 0.3) is 5.57 Å². The van der Waals surface area contributed by atoms with Crippen molar-refractivity contribution in [2.24, 2.45) is 0 Å². The summed E-state index contributed by atoms with van der Waals surface area (Å²) in [5.41, 5.74) is 3.67. The van der Waals surface area contributed by atoms with Crippen molar-refractivity contribution in [1.82, 2.24) is 0 Å². The fourth-order valence-electron chi connectivity index (χ4n) is 3.62. The monoisotopic (exact) mass is 383 g/mol. The van der Waals surface area contributed by atoms with Gasteiger partial charge in [0.25, 0.3) is 0 Å². The highest BCUT2D eigenvalue weighted by molar-refractivity contribution is 6.04. The Labute approximate surface area is 169 Å². The van der Waals surface area contributed by atoms with E-state index in [-0.39, 0.29) is 11.7 Å². The van der Waals surface area contributed by atoms with Crippen molar-refractivity contribution in [2.75, 3.05) is 5.32 Å². The Morgan fingerprint density at radius 1 is 0.828 bits per heavy atom. The van der Waals surface area contributed by atoms with E-state index in [1.807, 2.05) is 78.9 Å². The predicted octanol–water partition coefficient (Wildman–Crippen LogP) is 5.44. The summed E-state index contributed by atoms with van der Waals surface area (Å²) in [5.74, 6) is -0.231. The van der Waals surface area contributed by atoms with Crippen molar-refractivity contribution < 1.29 is 14.3 Å². The summed E-state index contributed by atoms with van der Waals surface area (Å²) in [6, 6.07) is 28.9. The van der Waals surface area contributed by atoms with Crippen LogP contribution in [-0.2, 0) is 9.53 Å². The van der Waals surface area contributed by atoms with E-state index < -0.39 is 12.2 Å². The van der Waals surface area contributed by atoms with Gasteiger partial charge in [-0.15, -0.1) is 0 Å². The molecule has 0 aromatic heterocycles. The second-order valence-electron chi connectivity index (χ2n) is 6.95. The first kappa shape index (κ1) is 18.7. The normalized spacial score (nSPS) is 18.6. The molecule has 0 spiro atoms. The van der Waals surface area contributed by atoms with E-state index in [1.54, 1.807) is 18.2 Å². The Kier molecular flexibility index (Phi) is 5.52. The molecular formula is C25H21NO3. The Hall–Kier alpha value is -3.66. The van der Waals surface area contributed by atoms with Crippen molar-refractivity contribution in [3.05, 3.63) is 108 Å². The van der Waals surface area contributed by atoms with Gasteiger partial charge in [0, 0.05) is 18.0 Å². The van der Waals surface area contributed by atoms with Gasteiger partial charge in [-0.05, 0) is 34.9 Å². The third kappa shape index (κ3) is 4.43. The second kappa shape index (κ2) is 8.57. The molecule has 0 unspecified atom stereocenters. The number of amides is 1. The van der Waals surface area contributed by atoms with Crippen LogP contribution in [-0.4, -0.2) is 18.0 Å². The standard InChI is InChI=1S/C25H21NO3/c27-23-16-21(18-10-4-1-5-11-18)22(19-12-6-2-7-13-19)17-24(23)29-25(28)26-20-14-8-3-9-15-20/h1-16,22,24H,17H2,(H,26,28)/t22-,24-/m1/s1. The van der Waals surface area contributed by atoms with Gasteiger partial charge in [-0.3, -0.25) is 10.1 Å². The van der Waals surface area contributed by atoms with Gasteiger partial charge < -0.3 is 4.74 Å². The highest BCUT2D eigenvalue weighted by atomic mass is 16.6. The van der Waals surface area contributed by atoms with Crippen LogP contribution in [0.1, 0.15) is 23.5 Å². The van der Waals surface area contributed by atoms with Gasteiger partial charge in [0.2, 0.25) is 0 Å². The van der Waals surface area contributed by atoms with Gasteiger partial charge in [0.15, 0.2) is 11.9 Å². The third-order valence-corrected chi connectivity index (χ3v) is 5.02. The van der Waals surface area contributed by atoms with E-state index in [9.17, 15) is 9.59 Å². The number of nitrogens with one attached hydrogen (secondary N) is 1. The maximum atomic E-state index is 12.8. The lowest BCUT2D eigenvalue weighted by molar-refractivity contribution is -0.123. The molecule has 29 heavy (non-hydrogen) atoms. The third-order valence-electron chi connectivity index (χ3n) is 5.02. The quantitative estimate of drug-likeness (QED) is 0.652. The molecule has 4 nitrogen and oxygen atoms in total. The summed E-state index contributed by atoms with van der Waals surface area (Å²) in [4.78, 5) is 25.1. The molecule has 4 heteroatoms. The molecule has 1 aliphatic rings. The molecule has 1 aliphatic carbocycles. The number of rotatable bonds is 4. The number of para-hydroxylation sites is 1. The second-order valence-corrected chi connectivity index (χ2v) is 6.95. The average molecular weight is 383 g/mol. The van der Waals surface area contributed by atoms with E-state index in [0.29, 0.717) is 12.1 Å². The number of carbonyl (C=O) groups excluding carboxylic acids is 2. The van der Waals surface area contributed by atoms with Crippen molar-refractivity contribution in [3.63, 3.8) is 0 Å². The molecule has 1 N–H and O–H groups in total. The molecule has 3 aromatic carbocycles. The maximum Gasteiger partial charge on any atom is 0.412 e. The maximum absolute atomic E-state index is 12.8. The molecule has 0 aliphatic heterocycles. The van der Waals surface area contributed by atoms with E-state index in [2.05, 4.69) is 5.32 Å². The van der Waals surface area contributed by atoms with Crippen LogP contribution in [0, 0.1) is 0 Å². The van der Waals surface area contributed by atoms with Gasteiger partial charge in [0.1, 0.15) is 0 Å². The molecule has 0 heterocycles. The Morgan fingerprint density at radius 2 is 1.41 bits per heavy atom. The largest absolute Gasteiger partial charge is 0.438 e. The summed E-state index contributed by atoms with van der Waals surface area (Å²) in [7, 11) is 0. The number of ketones is 1. The predicted molar refractivity (Wildman–Crippen MR) is 114 cm³/mol. The van der Waals surface area contributed by atoms with E-state index in [0.717, 1.165) is 16.7 Å². The zero-order chi connectivity index (χ0) is 20.1. The first-order valence-electron chi connectivity index (χ1n) is 9.59. The van der Waals surface area contributed by atoms with Crippen LogP contribution in [0.2, 0.25) is 0 Å². The van der Waals surface area contributed by atoms with Gasteiger partial charge >= 0.3 is 6.09 Å². The first-order valence-corrected chi connectivity index (χ1v) is 9.59. The van der Waals surface area contributed by atoms with Gasteiger partial charge in [-0.1, -0.05) is 78.9 Å². The molecule has 0 bridgehead atoms. The number of allylic oxidation sites excluding steroid dienone is 1. The minimum Gasteiger partial charge on any atom is -0.438 e. The van der Waals surface area contributed by atoms with Crippen LogP contribution in [0.3, 0.4) is 0 Å². The zero-order valence-corrected chi connectivity index (χ0v) is 15.8. The summed E-state index contributed by atoms with van der Waals surface area (Å²) < 4.78 is 5.50. The Morgan fingerprint density at radius 3 is 2.07 bits per heavy atom. The number of hydrogen-bond acceptors (Lipinski definition) is 3. The van der Waals surface area contributed by atoms with Crippen LogP contribution < -0.4 is 5.32 Å². The lowest BCUT2D eigenvalue weighted by Gasteiger charge is -2.29. The van der Waals surface area contributed by atoms with Crippen molar-refractivity contribution >= 4 is 23.1 Å². The zero-order valence-electron chi connectivity index (χ0n) is 15.8. The van der Waals surface area contributed by atoms with Crippen LogP contribution in [0.5, 0.6) is 0 Å². The fraction of sp³-hybridized carbons (Fsp3) is 0.120. The van der Waals surface area contributed by atoms with Crippen molar-refractivity contribution in [1.29, 1.82) is 0 Å². The highest BCUT2D eigenvalue weighted by Gasteiger charge is 2.34. The smallest absolute Gasteiger partial charge is 0.412 e. The first-order chi connectivity index (χ1) is 14.2. The molecule has 2 atom stereocenters. The molecule has 1 amide bonds. The molecular weight excluding hydrogens is 362 g/mol. The average Bonchev–Trinajstić information content (AvgIpc) is 2.77. The molecule has 0 saturated heterocycles. The number of hydrogen-bond donors (Lipinski definition) is 1. The SMILES string of the molecule is O=C(Nc1ccccc1)O[C@@H]1C[C@H](c2ccccc2)C(c2ccccc2)=CC1=O. The van der Waals surface area contributed by atoms with E-state index in [1.165, 1.54) is 0 Å². The molecule has 0 radical (unpaired) electrons. The fourth-order valence-corrected chi connectivity index (χ4v) is 3.62. The molecule has 4 rings (SSSR count). The molecule has 0 saturated carbocycles. The summed E-state index contributed by atoms with van der Waals surface area (Å²) in [6.45, 7) is 0. The lowest BCUT2D eigenvalue weighted by atomic mass is 9.78. The number of benzene rings is 3. The number of ether oxygens (including phenoxy) is 1. The van der Waals surface area contributed by atoms with Crippen LogP contribution >= 0.6 is 0 Å². The van der Waals surface area contributed by atoms with E-state index in [4.69, 9.17) is 4.74 Å². The number of carbonyl (C=O) groups is 2. The topological polar surface area (TPSA) is 55.4 Å². The Bertz CT molecular complexity index is 1010.